The van der Waals surface area contributed by atoms with Crippen molar-refractivity contribution in [1.29, 1.82) is 0 Å². The zero-order valence-electron chi connectivity index (χ0n) is 13.2. The second kappa shape index (κ2) is 14.3. The van der Waals surface area contributed by atoms with Gasteiger partial charge in [-0.05, 0) is 6.42 Å². The summed E-state index contributed by atoms with van der Waals surface area (Å²) in [7, 11) is -4.26. The third-order valence-corrected chi connectivity index (χ3v) is 3.66. The molecule has 0 amide bonds. The van der Waals surface area contributed by atoms with Gasteiger partial charge in [0, 0.05) is 0 Å². The fourth-order valence-electron chi connectivity index (χ4n) is 1.97. The highest BCUT2D eigenvalue weighted by atomic mass is 32.2. The molecule has 0 bridgehead atoms. The molecular weight excluding hydrogens is 294 g/mol. The van der Waals surface area contributed by atoms with E-state index in [0.717, 1.165) is 19.3 Å². The fourth-order valence-corrected chi connectivity index (χ4v) is 2.35. The molecule has 128 valence electrons. The van der Waals surface area contributed by atoms with Crippen molar-refractivity contribution in [3.63, 3.8) is 0 Å². The average Bonchev–Trinajstić information content (AvgIpc) is 2.34. The largest absolute Gasteiger partial charge is 0.465 e. The van der Waals surface area contributed by atoms with Gasteiger partial charge in [-0.1, -0.05) is 64.7 Å². The third-order valence-electron chi connectivity index (χ3n) is 3.06. The van der Waals surface area contributed by atoms with Crippen molar-refractivity contribution >= 4 is 16.1 Å². The van der Waals surface area contributed by atoms with E-state index in [0.29, 0.717) is 0 Å². The molecule has 0 aliphatic rings. The first kappa shape index (κ1) is 22.6. The van der Waals surface area contributed by atoms with E-state index in [4.69, 9.17) is 9.29 Å². The highest BCUT2D eigenvalue weighted by molar-refractivity contribution is 7.86. The van der Waals surface area contributed by atoms with Crippen molar-refractivity contribution in [3.05, 3.63) is 0 Å². The highest BCUT2D eigenvalue weighted by Crippen LogP contribution is 2.10. The molecule has 7 heteroatoms. The molecule has 0 aliphatic heterocycles. The Labute approximate surface area is 129 Å². The van der Waals surface area contributed by atoms with Crippen molar-refractivity contribution in [2.75, 3.05) is 12.4 Å². The molecule has 0 heterocycles. The minimum absolute atomic E-state index is 0. The summed E-state index contributed by atoms with van der Waals surface area (Å²) in [4.78, 5) is 11.0. The standard InChI is InChI=1S/C14H28O5S.H3N/c1-2-3-4-5-6-7-8-9-10-11-12-19-14(15)13-20(16,17)18;/h2-13H2,1H3,(H,16,17,18);1H3. The molecule has 0 aliphatic carbocycles. The molecule has 0 unspecified atom stereocenters. The maximum Gasteiger partial charge on any atom is 0.323 e. The van der Waals surface area contributed by atoms with Gasteiger partial charge in [0.1, 0.15) is 0 Å². The first-order valence-electron chi connectivity index (χ1n) is 7.56. The predicted octanol–water partition coefficient (Wildman–Crippen LogP) is 3.50. The molecule has 0 aromatic carbocycles. The van der Waals surface area contributed by atoms with Crippen LogP contribution in [0.4, 0.5) is 0 Å². The molecule has 6 nitrogen and oxygen atoms in total. The molecule has 0 saturated carbocycles. The maximum absolute atomic E-state index is 11.0. The minimum atomic E-state index is -4.26. The van der Waals surface area contributed by atoms with Crippen LogP contribution < -0.4 is 6.15 Å². The normalized spacial score (nSPS) is 11.0. The van der Waals surface area contributed by atoms with E-state index in [1.807, 2.05) is 0 Å². The second-order valence-electron chi connectivity index (χ2n) is 5.13. The maximum atomic E-state index is 11.0. The van der Waals surface area contributed by atoms with E-state index < -0.39 is 21.8 Å². The van der Waals surface area contributed by atoms with Crippen LogP contribution in [0.1, 0.15) is 71.1 Å². The smallest absolute Gasteiger partial charge is 0.323 e. The lowest BCUT2D eigenvalue weighted by molar-refractivity contribution is -0.140. The quantitative estimate of drug-likeness (QED) is 0.304. The molecule has 0 atom stereocenters. The van der Waals surface area contributed by atoms with Gasteiger partial charge in [0.15, 0.2) is 5.75 Å². The summed E-state index contributed by atoms with van der Waals surface area (Å²) >= 11 is 0. The van der Waals surface area contributed by atoms with Crippen LogP contribution in [0.3, 0.4) is 0 Å². The third kappa shape index (κ3) is 19.3. The van der Waals surface area contributed by atoms with E-state index in [-0.39, 0.29) is 12.8 Å². The monoisotopic (exact) mass is 325 g/mol. The van der Waals surface area contributed by atoms with Gasteiger partial charge in [-0.15, -0.1) is 0 Å². The molecule has 0 fully saturated rings. The average molecular weight is 325 g/mol. The molecular formula is C14H31NO5S. The number of rotatable bonds is 13. The molecule has 0 radical (unpaired) electrons. The van der Waals surface area contributed by atoms with Gasteiger partial charge in [0.2, 0.25) is 0 Å². The zero-order valence-corrected chi connectivity index (χ0v) is 14.0. The highest BCUT2D eigenvalue weighted by Gasteiger charge is 2.13. The van der Waals surface area contributed by atoms with Crippen LogP contribution in [-0.4, -0.2) is 31.3 Å². The summed E-state index contributed by atoms with van der Waals surface area (Å²) in [6, 6.07) is 0. The SMILES string of the molecule is CCCCCCCCCCCCOC(=O)CS(=O)(=O)O.N. The van der Waals surface area contributed by atoms with Crippen LogP contribution in [-0.2, 0) is 19.6 Å². The first-order chi connectivity index (χ1) is 9.45. The predicted molar refractivity (Wildman–Crippen MR) is 84.2 cm³/mol. The molecule has 4 N–H and O–H groups in total. The summed E-state index contributed by atoms with van der Waals surface area (Å²) in [5.41, 5.74) is 0. The van der Waals surface area contributed by atoms with Gasteiger partial charge in [-0.2, -0.15) is 8.42 Å². The molecule has 0 spiro atoms. The van der Waals surface area contributed by atoms with Gasteiger partial charge in [-0.25, -0.2) is 0 Å². The number of carbonyl (C=O) groups excluding carboxylic acids is 1. The summed E-state index contributed by atoms with van der Waals surface area (Å²) < 4.78 is 33.9. The number of hydrogen-bond acceptors (Lipinski definition) is 5. The van der Waals surface area contributed by atoms with Crippen LogP contribution in [0.15, 0.2) is 0 Å². The Morgan fingerprint density at radius 3 is 1.76 bits per heavy atom. The van der Waals surface area contributed by atoms with Gasteiger partial charge in [0.05, 0.1) is 6.61 Å². The summed E-state index contributed by atoms with van der Waals surface area (Å²) in [6.45, 7) is 2.44. The van der Waals surface area contributed by atoms with Crippen molar-refractivity contribution in [2.45, 2.75) is 71.1 Å². The topological polar surface area (TPSA) is 116 Å². The van der Waals surface area contributed by atoms with E-state index in [1.165, 1.54) is 44.9 Å². The van der Waals surface area contributed by atoms with Gasteiger partial charge < -0.3 is 10.9 Å². The Kier molecular flexibility index (Phi) is 15.4. The Bertz CT molecular complexity index is 343. The summed E-state index contributed by atoms with van der Waals surface area (Å²) in [5, 5.41) is 0. The lowest BCUT2D eigenvalue weighted by Crippen LogP contribution is -2.18. The van der Waals surface area contributed by atoms with Crippen LogP contribution in [0.2, 0.25) is 0 Å². The van der Waals surface area contributed by atoms with E-state index in [9.17, 15) is 13.2 Å². The molecule has 0 saturated heterocycles. The fraction of sp³-hybridized carbons (Fsp3) is 0.929. The number of esters is 1. The Hall–Kier alpha value is -0.660. The number of ether oxygens (including phenoxy) is 1. The van der Waals surface area contributed by atoms with Gasteiger partial charge in [0.25, 0.3) is 10.1 Å². The van der Waals surface area contributed by atoms with Crippen molar-refractivity contribution in [1.82, 2.24) is 6.15 Å². The van der Waals surface area contributed by atoms with E-state index in [1.54, 1.807) is 0 Å². The van der Waals surface area contributed by atoms with Crippen molar-refractivity contribution < 1.29 is 22.5 Å². The van der Waals surface area contributed by atoms with Crippen molar-refractivity contribution in [2.24, 2.45) is 0 Å². The number of unbranched alkanes of at least 4 members (excludes halogenated alkanes) is 9. The molecule has 0 aromatic rings. The second-order valence-corrected chi connectivity index (χ2v) is 6.58. The molecule has 0 rings (SSSR count). The lowest BCUT2D eigenvalue weighted by Gasteiger charge is -2.04. The summed E-state index contributed by atoms with van der Waals surface area (Å²) in [6.07, 6.45) is 11.8. The summed E-state index contributed by atoms with van der Waals surface area (Å²) in [5.74, 6) is -1.84. The Balaban J connectivity index is 0. The first-order valence-corrected chi connectivity index (χ1v) is 9.17. The van der Waals surface area contributed by atoms with Crippen LogP contribution >= 0.6 is 0 Å². The Morgan fingerprint density at radius 2 is 1.33 bits per heavy atom. The van der Waals surface area contributed by atoms with Gasteiger partial charge >= 0.3 is 5.97 Å². The van der Waals surface area contributed by atoms with Gasteiger partial charge in [-0.3, -0.25) is 9.35 Å². The van der Waals surface area contributed by atoms with Crippen molar-refractivity contribution in [3.8, 4) is 0 Å². The van der Waals surface area contributed by atoms with Crippen LogP contribution in [0.25, 0.3) is 0 Å². The Morgan fingerprint density at radius 1 is 0.905 bits per heavy atom. The minimum Gasteiger partial charge on any atom is -0.465 e. The number of hydrogen-bond donors (Lipinski definition) is 2. The molecule has 0 aromatic heterocycles. The molecule has 21 heavy (non-hydrogen) atoms. The van der Waals surface area contributed by atoms with E-state index in [2.05, 4.69) is 6.92 Å². The lowest BCUT2D eigenvalue weighted by atomic mass is 10.1. The van der Waals surface area contributed by atoms with Crippen LogP contribution in [0.5, 0.6) is 0 Å². The number of carbonyl (C=O) groups is 1. The zero-order chi connectivity index (χ0) is 15.3. The van der Waals surface area contributed by atoms with E-state index >= 15 is 0 Å². The van der Waals surface area contributed by atoms with Crippen LogP contribution in [0, 0.1) is 0 Å².